The third-order valence-corrected chi connectivity index (χ3v) is 5.85. The molecule has 2 heterocycles. The third-order valence-electron chi connectivity index (χ3n) is 5.35. The number of carbonyl (C=O) groups excluding carboxylic acids is 2. The number of ether oxygens (including phenoxy) is 1. The van der Waals surface area contributed by atoms with E-state index in [1.54, 1.807) is 24.3 Å². The number of hydrogen-bond acceptors (Lipinski definition) is 5. The highest BCUT2D eigenvalue weighted by Crippen LogP contribution is 2.45. The number of methoxy groups -OCH3 is 1. The lowest BCUT2D eigenvalue weighted by Gasteiger charge is -2.23. The van der Waals surface area contributed by atoms with Gasteiger partial charge in [0.2, 0.25) is 0 Å². The number of ketones is 1. The van der Waals surface area contributed by atoms with Gasteiger partial charge in [0.15, 0.2) is 0 Å². The quantitative estimate of drug-likeness (QED) is 0.289. The van der Waals surface area contributed by atoms with Gasteiger partial charge in [-0.05, 0) is 48.4 Å². The van der Waals surface area contributed by atoms with E-state index >= 15 is 0 Å². The highest BCUT2D eigenvalue weighted by atomic mass is 35.5. The normalized spacial score (nSPS) is 17.8. The molecule has 1 amide bonds. The van der Waals surface area contributed by atoms with Crippen molar-refractivity contribution in [3.63, 3.8) is 0 Å². The molecule has 1 fully saturated rings. The molecule has 1 atom stereocenters. The molecule has 0 saturated carbocycles. The zero-order chi connectivity index (χ0) is 23.0. The van der Waals surface area contributed by atoms with E-state index in [4.69, 9.17) is 32.4 Å². The molecule has 0 spiro atoms. The summed E-state index contributed by atoms with van der Waals surface area (Å²) in [5.41, 5.74) is 1.53. The van der Waals surface area contributed by atoms with Crippen molar-refractivity contribution in [2.24, 2.45) is 0 Å². The van der Waals surface area contributed by atoms with Crippen LogP contribution in [0.1, 0.15) is 29.9 Å². The number of hydrogen-bond donors (Lipinski definition) is 1. The van der Waals surface area contributed by atoms with Crippen LogP contribution in [-0.2, 0) is 16.0 Å². The summed E-state index contributed by atoms with van der Waals surface area (Å²) >= 11 is 12.3. The van der Waals surface area contributed by atoms with Gasteiger partial charge in [-0.15, -0.1) is 0 Å². The predicted octanol–water partition coefficient (Wildman–Crippen LogP) is 5.78. The zero-order valence-corrected chi connectivity index (χ0v) is 18.8. The van der Waals surface area contributed by atoms with Gasteiger partial charge in [-0.2, -0.15) is 0 Å². The highest BCUT2D eigenvalue weighted by molar-refractivity contribution is 6.51. The fourth-order valence-corrected chi connectivity index (χ4v) is 4.37. The number of benzene rings is 2. The number of rotatable bonds is 5. The number of aliphatic hydroxyl groups is 1. The SMILES string of the molecule is CCc1ccc(N2C(=O)C(=O)/C(=C(\O)c3cc(Cl)cc(Cl)c3OC)C2c2ccco2)cc1. The summed E-state index contributed by atoms with van der Waals surface area (Å²) in [6.07, 6.45) is 2.27. The molecule has 1 saturated heterocycles. The maximum Gasteiger partial charge on any atom is 0.300 e. The minimum absolute atomic E-state index is 0.0980. The Balaban J connectivity index is 1.95. The fraction of sp³-hybridized carbons (Fsp3) is 0.167. The summed E-state index contributed by atoms with van der Waals surface area (Å²) in [5, 5.41) is 11.6. The Morgan fingerprint density at radius 3 is 2.47 bits per heavy atom. The van der Waals surface area contributed by atoms with Crippen LogP contribution in [0.2, 0.25) is 10.0 Å². The molecule has 6 nitrogen and oxygen atoms in total. The van der Waals surface area contributed by atoms with E-state index in [1.165, 1.54) is 30.4 Å². The lowest BCUT2D eigenvalue weighted by molar-refractivity contribution is -0.132. The van der Waals surface area contributed by atoms with E-state index in [0.717, 1.165) is 12.0 Å². The topological polar surface area (TPSA) is 80.0 Å². The number of anilines is 1. The van der Waals surface area contributed by atoms with E-state index < -0.39 is 23.5 Å². The molecule has 8 heteroatoms. The summed E-state index contributed by atoms with van der Waals surface area (Å²) in [5.74, 6) is -1.66. The summed E-state index contributed by atoms with van der Waals surface area (Å²) < 4.78 is 10.9. The minimum Gasteiger partial charge on any atom is -0.507 e. The van der Waals surface area contributed by atoms with Gasteiger partial charge in [0.1, 0.15) is 23.3 Å². The van der Waals surface area contributed by atoms with Gasteiger partial charge in [0.25, 0.3) is 11.7 Å². The smallest absolute Gasteiger partial charge is 0.300 e. The van der Waals surface area contributed by atoms with Crippen molar-refractivity contribution in [2.45, 2.75) is 19.4 Å². The van der Waals surface area contributed by atoms with Crippen molar-refractivity contribution >= 4 is 46.3 Å². The van der Waals surface area contributed by atoms with Gasteiger partial charge in [-0.3, -0.25) is 14.5 Å². The predicted molar refractivity (Wildman–Crippen MR) is 122 cm³/mol. The van der Waals surface area contributed by atoms with Gasteiger partial charge >= 0.3 is 0 Å². The van der Waals surface area contributed by atoms with E-state index in [9.17, 15) is 14.7 Å². The average Bonchev–Trinajstić information content (AvgIpc) is 3.40. The first kappa shape index (κ1) is 22.0. The van der Waals surface area contributed by atoms with Crippen LogP contribution in [0.4, 0.5) is 5.69 Å². The standard InChI is InChI=1S/C24H19Cl2NO5/c1-3-13-6-8-15(9-7-13)27-20(18-5-4-10-32-18)19(22(29)24(27)30)21(28)16-11-14(25)12-17(26)23(16)31-2/h4-12,20,28H,3H2,1-2H3/b21-19-. The Morgan fingerprint density at radius 2 is 1.88 bits per heavy atom. The van der Waals surface area contributed by atoms with Crippen molar-refractivity contribution in [1.82, 2.24) is 0 Å². The number of aryl methyl sites for hydroxylation is 1. The van der Waals surface area contributed by atoms with Gasteiger partial charge in [-0.1, -0.05) is 42.3 Å². The zero-order valence-electron chi connectivity index (χ0n) is 17.3. The van der Waals surface area contributed by atoms with Crippen LogP contribution in [0.3, 0.4) is 0 Å². The summed E-state index contributed by atoms with van der Waals surface area (Å²) in [4.78, 5) is 27.6. The number of carbonyl (C=O) groups is 2. The lowest BCUT2D eigenvalue weighted by Crippen LogP contribution is -2.29. The van der Waals surface area contributed by atoms with Crippen molar-refractivity contribution in [3.05, 3.63) is 87.3 Å². The summed E-state index contributed by atoms with van der Waals surface area (Å²) in [6, 6.07) is 12.5. The van der Waals surface area contributed by atoms with Crippen molar-refractivity contribution in [1.29, 1.82) is 0 Å². The molecule has 1 unspecified atom stereocenters. The monoisotopic (exact) mass is 471 g/mol. The fourth-order valence-electron chi connectivity index (χ4n) is 3.80. The molecule has 4 rings (SSSR count). The Morgan fingerprint density at radius 1 is 1.16 bits per heavy atom. The van der Waals surface area contributed by atoms with Crippen LogP contribution in [0.25, 0.3) is 5.76 Å². The van der Waals surface area contributed by atoms with E-state index in [1.807, 2.05) is 19.1 Å². The molecule has 0 aliphatic carbocycles. The number of furan rings is 1. The second kappa shape index (κ2) is 8.73. The van der Waals surface area contributed by atoms with Crippen molar-refractivity contribution < 1.29 is 23.8 Å². The van der Waals surface area contributed by atoms with Crippen molar-refractivity contribution in [2.75, 3.05) is 12.0 Å². The highest BCUT2D eigenvalue weighted by Gasteiger charge is 2.48. The maximum atomic E-state index is 13.1. The molecule has 164 valence electrons. The molecule has 1 aromatic heterocycles. The maximum absolute atomic E-state index is 13.1. The second-order valence-electron chi connectivity index (χ2n) is 7.17. The molecular weight excluding hydrogens is 453 g/mol. The van der Waals surface area contributed by atoms with Crippen molar-refractivity contribution in [3.8, 4) is 5.75 Å². The molecule has 1 aliphatic heterocycles. The first-order valence-corrected chi connectivity index (χ1v) is 10.6. The Kier molecular flexibility index (Phi) is 6.00. The van der Waals surface area contributed by atoms with Gasteiger partial charge < -0.3 is 14.3 Å². The van der Waals surface area contributed by atoms with Crippen LogP contribution in [-0.4, -0.2) is 23.9 Å². The third kappa shape index (κ3) is 3.66. The Labute approximate surface area is 194 Å². The number of amides is 1. The van der Waals surface area contributed by atoms with Crippen LogP contribution in [0.15, 0.2) is 64.8 Å². The molecule has 1 aliphatic rings. The average molecular weight is 472 g/mol. The molecule has 3 aromatic rings. The molecular formula is C24H19Cl2NO5. The Hall–Kier alpha value is -3.22. The Bertz CT molecular complexity index is 1220. The lowest BCUT2D eigenvalue weighted by atomic mass is 9.98. The summed E-state index contributed by atoms with van der Waals surface area (Å²) in [7, 11) is 1.38. The van der Waals surface area contributed by atoms with Crippen LogP contribution in [0, 0.1) is 0 Å². The van der Waals surface area contributed by atoms with E-state index in [-0.39, 0.29) is 26.9 Å². The van der Waals surface area contributed by atoms with E-state index in [0.29, 0.717) is 11.4 Å². The second-order valence-corrected chi connectivity index (χ2v) is 8.02. The number of nitrogens with zero attached hydrogens (tertiary/aromatic N) is 1. The van der Waals surface area contributed by atoms with Gasteiger partial charge in [0.05, 0.1) is 29.5 Å². The molecule has 0 radical (unpaired) electrons. The molecule has 32 heavy (non-hydrogen) atoms. The van der Waals surface area contributed by atoms with Crippen LogP contribution < -0.4 is 9.64 Å². The number of halogens is 2. The molecule has 0 bridgehead atoms. The first-order chi connectivity index (χ1) is 15.4. The van der Waals surface area contributed by atoms with Crippen LogP contribution in [0.5, 0.6) is 5.75 Å². The minimum atomic E-state index is -0.986. The first-order valence-electron chi connectivity index (χ1n) is 9.84. The van der Waals surface area contributed by atoms with Gasteiger partial charge in [-0.25, -0.2) is 0 Å². The van der Waals surface area contributed by atoms with E-state index in [2.05, 4.69) is 0 Å². The molecule has 2 aromatic carbocycles. The van der Waals surface area contributed by atoms with Crippen LogP contribution >= 0.6 is 23.2 Å². The number of Topliss-reactive ketones (excluding diaryl/α,β-unsaturated/α-hetero) is 1. The van der Waals surface area contributed by atoms with Gasteiger partial charge in [0, 0.05) is 10.7 Å². The largest absolute Gasteiger partial charge is 0.507 e. The molecule has 1 N–H and O–H groups in total. The summed E-state index contributed by atoms with van der Waals surface area (Å²) in [6.45, 7) is 2.02. The number of aliphatic hydroxyl groups excluding tert-OH is 1.